The number of alkyl halides is 2. The summed E-state index contributed by atoms with van der Waals surface area (Å²) in [6, 6.07) is -0.552. The molecular weight excluding hydrogens is 349 g/mol. The van der Waals surface area contributed by atoms with Crippen LogP contribution < -0.4 is 0 Å². The van der Waals surface area contributed by atoms with Crippen LogP contribution in [0.4, 0.5) is 0 Å². The van der Waals surface area contributed by atoms with Gasteiger partial charge in [-0.15, -0.1) is 0 Å². The fraction of sp³-hybridized carbons (Fsp3) is 0.750. The van der Waals surface area contributed by atoms with Gasteiger partial charge < -0.3 is 0 Å². The van der Waals surface area contributed by atoms with Gasteiger partial charge in [-0.25, -0.2) is 0 Å². The molecule has 3 atom stereocenters. The summed E-state index contributed by atoms with van der Waals surface area (Å²) in [5, 5.41) is 10.5. The second kappa shape index (κ2) is 6.75. The molecule has 5 heteroatoms. The molecule has 0 bridgehead atoms. The molecular formula is C8H13BrINO2. The van der Waals surface area contributed by atoms with E-state index in [4.69, 9.17) is 0 Å². The summed E-state index contributed by atoms with van der Waals surface area (Å²) in [5.74, 6) is 0. The fourth-order valence-electron chi connectivity index (χ4n) is 0.755. The third-order valence-electron chi connectivity index (χ3n) is 1.65. The summed E-state index contributed by atoms with van der Waals surface area (Å²) in [4.78, 5) is 10.1. The normalized spacial score (nSPS) is 18.5. The highest BCUT2D eigenvalue weighted by Crippen LogP contribution is 2.21. The van der Waals surface area contributed by atoms with Crippen molar-refractivity contribution in [1.82, 2.24) is 0 Å². The number of nitrogens with zero attached hydrogens (tertiary/aromatic N) is 1. The molecule has 0 fully saturated rings. The predicted octanol–water partition coefficient (Wildman–Crippen LogP) is 3.18. The van der Waals surface area contributed by atoms with Gasteiger partial charge in [-0.3, -0.25) is 10.1 Å². The molecule has 3 nitrogen and oxygen atoms in total. The predicted molar refractivity (Wildman–Crippen MR) is 66.4 cm³/mol. The van der Waals surface area contributed by atoms with Gasteiger partial charge in [-0.2, -0.15) is 0 Å². The molecule has 0 aliphatic rings. The van der Waals surface area contributed by atoms with Gasteiger partial charge in [0.15, 0.2) is 0 Å². The SMILES string of the molecule is CC/C=C/C(I)C(Br)C(C)[N+](=O)[O-]. The molecule has 76 valence electrons. The van der Waals surface area contributed by atoms with Crippen LogP contribution in [-0.2, 0) is 0 Å². The first-order valence-electron chi connectivity index (χ1n) is 4.09. The quantitative estimate of drug-likeness (QED) is 0.248. The summed E-state index contributed by atoms with van der Waals surface area (Å²) < 4.78 is 0.165. The van der Waals surface area contributed by atoms with Gasteiger partial charge >= 0.3 is 0 Å². The molecule has 0 N–H and O–H groups in total. The molecule has 0 aromatic rings. The van der Waals surface area contributed by atoms with E-state index in [1.807, 2.05) is 19.1 Å². The van der Waals surface area contributed by atoms with Gasteiger partial charge in [0.1, 0.15) is 0 Å². The minimum absolute atomic E-state index is 0.106. The number of allylic oxidation sites excluding steroid dienone is 2. The highest BCUT2D eigenvalue weighted by molar-refractivity contribution is 14.1. The zero-order chi connectivity index (χ0) is 10.4. The molecule has 0 aromatic carbocycles. The van der Waals surface area contributed by atoms with Crippen molar-refractivity contribution in [3.63, 3.8) is 0 Å². The lowest BCUT2D eigenvalue weighted by Gasteiger charge is -2.14. The monoisotopic (exact) mass is 361 g/mol. The van der Waals surface area contributed by atoms with E-state index >= 15 is 0 Å². The third kappa shape index (κ3) is 4.95. The standard InChI is InChI=1S/C8H13BrINO2/c1-3-4-5-7(10)8(9)6(2)11(12)13/h4-8H,3H2,1-2H3/b5-4+. The molecule has 0 aliphatic carbocycles. The van der Waals surface area contributed by atoms with Crippen LogP contribution in [-0.4, -0.2) is 19.7 Å². The van der Waals surface area contributed by atoms with Crippen LogP contribution in [0, 0.1) is 10.1 Å². The Morgan fingerprint density at radius 1 is 1.69 bits per heavy atom. The van der Waals surface area contributed by atoms with E-state index in [0.717, 1.165) is 6.42 Å². The van der Waals surface area contributed by atoms with Crippen LogP contribution in [0.15, 0.2) is 12.2 Å². The van der Waals surface area contributed by atoms with Crippen molar-refractivity contribution in [1.29, 1.82) is 0 Å². The maximum absolute atomic E-state index is 10.5. The van der Waals surface area contributed by atoms with E-state index in [9.17, 15) is 10.1 Å². The minimum atomic E-state index is -0.552. The first-order chi connectivity index (χ1) is 6.00. The smallest absolute Gasteiger partial charge is 0.224 e. The van der Waals surface area contributed by atoms with Crippen molar-refractivity contribution in [2.75, 3.05) is 0 Å². The zero-order valence-corrected chi connectivity index (χ0v) is 11.4. The second-order valence-corrected chi connectivity index (χ2v) is 5.25. The Bertz CT molecular complexity index is 199. The van der Waals surface area contributed by atoms with E-state index in [-0.39, 0.29) is 13.7 Å². The Hall–Kier alpha value is 0.350. The summed E-state index contributed by atoms with van der Waals surface area (Å²) in [6.45, 7) is 3.66. The maximum atomic E-state index is 10.5. The summed E-state index contributed by atoms with van der Waals surface area (Å²) in [6.07, 6.45) is 4.99. The number of hydrogen-bond acceptors (Lipinski definition) is 2. The van der Waals surface area contributed by atoms with Gasteiger partial charge in [0, 0.05) is 15.8 Å². The average Bonchev–Trinajstić information content (AvgIpc) is 2.11. The van der Waals surface area contributed by atoms with Crippen molar-refractivity contribution in [3.8, 4) is 0 Å². The van der Waals surface area contributed by atoms with Crippen molar-refractivity contribution in [3.05, 3.63) is 22.3 Å². The Morgan fingerprint density at radius 3 is 2.62 bits per heavy atom. The number of rotatable bonds is 5. The Labute approximate surface area is 100 Å². The average molecular weight is 362 g/mol. The topological polar surface area (TPSA) is 43.1 Å². The summed E-state index contributed by atoms with van der Waals surface area (Å²) >= 11 is 5.54. The minimum Gasteiger partial charge on any atom is -0.264 e. The van der Waals surface area contributed by atoms with E-state index < -0.39 is 6.04 Å². The molecule has 3 unspecified atom stereocenters. The molecule has 0 rings (SSSR count). The molecule has 0 spiro atoms. The second-order valence-electron chi connectivity index (χ2n) is 2.75. The van der Waals surface area contributed by atoms with Gasteiger partial charge in [0.05, 0.1) is 4.83 Å². The summed E-state index contributed by atoms with van der Waals surface area (Å²) in [5.41, 5.74) is 0. The van der Waals surface area contributed by atoms with Gasteiger partial charge in [-0.05, 0) is 6.42 Å². The lowest BCUT2D eigenvalue weighted by molar-refractivity contribution is -0.516. The summed E-state index contributed by atoms with van der Waals surface area (Å²) in [7, 11) is 0. The van der Waals surface area contributed by atoms with Crippen LogP contribution in [0.2, 0.25) is 0 Å². The van der Waals surface area contributed by atoms with E-state index in [1.54, 1.807) is 6.92 Å². The molecule has 0 amide bonds. The third-order valence-corrected chi connectivity index (χ3v) is 5.17. The Morgan fingerprint density at radius 2 is 2.23 bits per heavy atom. The highest BCUT2D eigenvalue weighted by atomic mass is 127. The number of nitro groups is 1. The molecule has 0 heterocycles. The van der Waals surface area contributed by atoms with Gasteiger partial charge in [-0.1, -0.05) is 57.6 Å². The van der Waals surface area contributed by atoms with Gasteiger partial charge in [0.25, 0.3) is 0 Å². The first kappa shape index (κ1) is 13.4. The van der Waals surface area contributed by atoms with Crippen molar-refractivity contribution in [2.45, 2.75) is 35.1 Å². The van der Waals surface area contributed by atoms with Crippen LogP contribution in [0.1, 0.15) is 20.3 Å². The molecule has 0 saturated carbocycles. The Kier molecular flexibility index (Phi) is 6.93. The van der Waals surface area contributed by atoms with Crippen molar-refractivity contribution in [2.24, 2.45) is 0 Å². The van der Waals surface area contributed by atoms with E-state index in [1.165, 1.54) is 0 Å². The number of hydrogen-bond donors (Lipinski definition) is 0. The molecule has 0 aromatic heterocycles. The van der Waals surface area contributed by atoms with Crippen molar-refractivity contribution >= 4 is 38.5 Å². The zero-order valence-electron chi connectivity index (χ0n) is 7.61. The van der Waals surface area contributed by atoms with Gasteiger partial charge in [0.2, 0.25) is 6.04 Å². The van der Waals surface area contributed by atoms with Crippen LogP contribution in [0.3, 0.4) is 0 Å². The lowest BCUT2D eigenvalue weighted by Crippen LogP contribution is -2.31. The first-order valence-corrected chi connectivity index (χ1v) is 6.25. The van der Waals surface area contributed by atoms with E-state index in [2.05, 4.69) is 38.5 Å². The molecule has 0 saturated heterocycles. The fourth-order valence-corrected chi connectivity index (χ4v) is 2.02. The maximum Gasteiger partial charge on any atom is 0.224 e. The lowest BCUT2D eigenvalue weighted by atomic mass is 10.2. The van der Waals surface area contributed by atoms with Crippen LogP contribution >= 0.6 is 38.5 Å². The van der Waals surface area contributed by atoms with Crippen LogP contribution in [0.5, 0.6) is 0 Å². The number of halogens is 2. The molecule has 0 radical (unpaired) electrons. The Balaban J connectivity index is 4.16. The highest BCUT2D eigenvalue weighted by Gasteiger charge is 2.28. The molecule has 0 aliphatic heterocycles. The van der Waals surface area contributed by atoms with E-state index in [0.29, 0.717) is 0 Å². The van der Waals surface area contributed by atoms with Crippen LogP contribution in [0.25, 0.3) is 0 Å². The molecule has 13 heavy (non-hydrogen) atoms. The largest absolute Gasteiger partial charge is 0.264 e. The van der Waals surface area contributed by atoms with Crippen molar-refractivity contribution < 1.29 is 4.92 Å².